The molecule has 0 aliphatic rings. The van der Waals surface area contributed by atoms with Gasteiger partial charge >= 0.3 is 0 Å². The zero-order valence-electron chi connectivity index (χ0n) is 13.8. The summed E-state index contributed by atoms with van der Waals surface area (Å²) >= 11 is 0. The fraction of sp³-hybridized carbons (Fsp3) is 0.0952. The lowest BCUT2D eigenvalue weighted by Crippen LogP contribution is -2.14. The van der Waals surface area contributed by atoms with Gasteiger partial charge in [0, 0.05) is 29.8 Å². The molecule has 0 saturated heterocycles. The molecule has 1 N–H and O–H groups in total. The molecule has 4 heteroatoms. The Hall–Kier alpha value is -3.14. The highest BCUT2D eigenvalue weighted by atomic mass is 19.1. The van der Waals surface area contributed by atoms with Crippen molar-refractivity contribution in [2.24, 2.45) is 7.05 Å². The maximum absolute atomic E-state index is 13.5. The number of fused-ring (bicyclic) bond motifs is 2. The molecule has 0 aliphatic heterocycles. The third kappa shape index (κ3) is 2.98. The first kappa shape index (κ1) is 15.4. The van der Waals surface area contributed by atoms with Gasteiger partial charge in [0.2, 0.25) is 5.91 Å². The van der Waals surface area contributed by atoms with Crippen LogP contribution >= 0.6 is 0 Å². The van der Waals surface area contributed by atoms with E-state index in [0.717, 1.165) is 32.9 Å². The molecule has 4 aromatic rings. The zero-order valence-corrected chi connectivity index (χ0v) is 13.8. The number of carbonyl (C=O) groups is 1. The molecule has 3 nitrogen and oxygen atoms in total. The van der Waals surface area contributed by atoms with Crippen molar-refractivity contribution in [3.63, 3.8) is 0 Å². The smallest absolute Gasteiger partial charge is 0.228 e. The number of benzene rings is 3. The van der Waals surface area contributed by atoms with Crippen molar-refractivity contribution < 1.29 is 9.18 Å². The average molecular weight is 332 g/mol. The Kier molecular flexibility index (Phi) is 3.73. The van der Waals surface area contributed by atoms with E-state index in [1.54, 1.807) is 6.07 Å². The summed E-state index contributed by atoms with van der Waals surface area (Å²) in [5, 5.41) is 5.91. The van der Waals surface area contributed by atoms with Crippen LogP contribution in [0.1, 0.15) is 5.56 Å². The number of amides is 1. The van der Waals surface area contributed by atoms with Gasteiger partial charge in [-0.2, -0.15) is 0 Å². The average Bonchev–Trinajstić information content (AvgIpc) is 2.89. The van der Waals surface area contributed by atoms with E-state index >= 15 is 0 Å². The van der Waals surface area contributed by atoms with Gasteiger partial charge in [0.25, 0.3) is 0 Å². The van der Waals surface area contributed by atoms with Gasteiger partial charge in [-0.25, -0.2) is 4.39 Å². The van der Waals surface area contributed by atoms with Crippen molar-refractivity contribution in [3.8, 4) is 0 Å². The van der Waals surface area contributed by atoms with Gasteiger partial charge in [0.05, 0.1) is 6.42 Å². The summed E-state index contributed by atoms with van der Waals surface area (Å²) in [5.41, 5.74) is 2.49. The number of carbonyl (C=O) groups excluding carboxylic acids is 1. The van der Waals surface area contributed by atoms with Crippen molar-refractivity contribution in [3.05, 3.63) is 78.2 Å². The number of aromatic nitrogens is 1. The number of rotatable bonds is 3. The predicted molar refractivity (Wildman–Crippen MR) is 99.2 cm³/mol. The second-order valence-corrected chi connectivity index (χ2v) is 6.21. The van der Waals surface area contributed by atoms with Gasteiger partial charge in [-0.1, -0.05) is 30.3 Å². The maximum atomic E-state index is 13.5. The molecule has 3 aromatic carbocycles. The Morgan fingerprint density at radius 3 is 2.68 bits per heavy atom. The van der Waals surface area contributed by atoms with Crippen LogP contribution in [0.4, 0.5) is 10.1 Å². The Morgan fingerprint density at radius 2 is 1.84 bits per heavy atom. The van der Waals surface area contributed by atoms with Gasteiger partial charge < -0.3 is 9.88 Å². The maximum Gasteiger partial charge on any atom is 0.228 e. The molecule has 1 amide bonds. The van der Waals surface area contributed by atoms with Gasteiger partial charge in [-0.15, -0.1) is 0 Å². The molecule has 0 fully saturated rings. The molecule has 0 unspecified atom stereocenters. The van der Waals surface area contributed by atoms with Crippen LogP contribution in [0.3, 0.4) is 0 Å². The van der Waals surface area contributed by atoms with Gasteiger partial charge in [-0.05, 0) is 46.7 Å². The normalized spacial score (nSPS) is 11.1. The van der Waals surface area contributed by atoms with Crippen LogP contribution in [-0.2, 0) is 18.3 Å². The van der Waals surface area contributed by atoms with Crippen LogP contribution in [0.5, 0.6) is 0 Å². The third-order valence-electron chi connectivity index (χ3n) is 4.42. The van der Waals surface area contributed by atoms with Gasteiger partial charge in [-0.3, -0.25) is 4.79 Å². The van der Waals surface area contributed by atoms with Crippen LogP contribution in [0, 0.1) is 5.82 Å². The van der Waals surface area contributed by atoms with Crippen LogP contribution in [0.2, 0.25) is 0 Å². The van der Waals surface area contributed by atoms with E-state index < -0.39 is 0 Å². The highest BCUT2D eigenvalue weighted by Crippen LogP contribution is 2.23. The Bertz CT molecular complexity index is 1100. The number of nitrogens with zero attached hydrogens (tertiary/aromatic N) is 1. The zero-order chi connectivity index (χ0) is 17.4. The Balaban J connectivity index is 1.58. The molecule has 0 atom stereocenters. The summed E-state index contributed by atoms with van der Waals surface area (Å²) in [4.78, 5) is 12.4. The van der Waals surface area contributed by atoms with Crippen molar-refractivity contribution >= 4 is 33.3 Å². The van der Waals surface area contributed by atoms with Crippen LogP contribution in [0.15, 0.2) is 66.9 Å². The van der Waals surface area contributed by atoms with Crippen LogP contribution in [-0.4, -0.2) is 10.5 Å². The fourth-order valence-electron chi connectivity index (χ4n) is 3.23. The lowest BCUT2D eigenvalue weighted by atomic mass is 10.1. The van der Waals surface area contributed by atoms with E-state index in [9.17, 15) is 9.18 Å². The third-order valence-corrected chi connectivity index (χ3v) is 4.42. The summed E-state index contributed by atoms with van der Waals surface area (Å²) in [6.07, 6.45) is 2.08. The molecule has 0 saturated carbocycles. The quantitative estimate of drug-likeness (QED) is 0.582. The minimum atomic E-state index is -0.296. The second-order valence-electron chi connectivity index (χ2n) is 6.21. The minimum absolute atomic E-state index is 0.118. The molecule has 0 aliphatic carbocycles. The molecule has 0 spiro atoms. The van der Waals surface area contributed by atoms with E-state index in [1.807, 2.05) is 60.3 Å². The number of hydrogen-bond donors (Lipinski definition) is 1. The monoisotopic (exact) mass is 332 g/mol. The molecule has 1 aromatic heterocycles. The summed E-state index contributed by atoms with van der Waals surface area (Å²) in [6, 6.07) is 18.5. The number of anilines is 1. The Morgan fingerprint density at radius 1 is 1.04 bits per heavy atom. The summed E-state index contributed by atoms with van der Waals surface area (Å²) in [5.74, 6) is -0.415. The topological polar surface area (TPSA) is 34.0 Å². The molecule has 0 radical (unpaired) electrons. The van der Waals surface area contributed by atoms with Crippen molar-refractivity contribution in [2.75, 3.05) is 5.32 Å². The predicted octanol–water partition coefficient (Wildman–Crippen LogP) is 4.65. The lowest BCUT2D eigenvalue weighted by Gasteiger charge is -2.06. The van der Waals surface area contributed by atoms with E-state index in [2.05, 4.69) is 5.32 Å². The number of nitrogens with one attached hydrogen (secondary N) is 1. The largest absolute Gasteiger partial charge is 0.350 e. The Labute approximate surface area is 144 Å². The summed E-state index contributed by atoms with van der Waals surface area (Å²) < 4.78 is 15.5. The molecule has 0 bridgehead atoms. The van der Waals surface area contributed by atoms with Crippen LogP contribution < -0.4 is 5.32 Å². The molecule has 25 heavy (non-hydrogen) atoms. The van der Waals surface area contributed by atoms with E-state index in [0.29, 0.717) is 0 Å². The highest BCUT2D eigenvalue weighted by molar-refractivity contribution is 5.97. The van der Waals surface area contributed by atoms with Gasteiger partial charge in [0.15, 0.2) is 0 Å². The van der Waals surface area contributed by atoms with Crippen molar-refractivity contribution in [2.45, 2.75) is 6.42 Å². The molecule has 124 valence electrons. The van der Waals surface area contributed by atoms with Crippen molar-refractivity contribution in [1.82, 2.24) is 4.57 Å². The lowest BCUT2D eigenvalue weighted by molar-refractivity contribution is -0.115. The van der Waals surface area contributed by atoms with E-state index in [-0.39, 0.29) is 18.1 Å². The molecular weight excluding hydrogens is 315 g/mol. The summed E-state index contributed by atoms with van der Waals surface area (Å²) in [6.45, 7) is 0. The molecule has 4 rings (SSSR count). The van der Waals surface area contributed by atoms with E-state index in [4.69, 9.17) is 0 Å². The standard InChI is InChI=1S/C21H17FN2O/c1-24-13-16(19-12-17(22)7-9-20(19)24)11-21(25)23-18-8-6-14-4-2-3-5-15(14)10-18/h2-10,12-13H,11H2,1H3,(H,23,25). The molecular formula is C21H17FN2O. The van der Waals surface area contributed by atoms with Crippen molar-refractivity contribution in [1.29, 1.82) is 0 Å². The molecule has 1 heterocycles. The fourth-order valence-corrected chi connectivity index (χ4v) is 3.23. The first-order valence-corrected chi connectivity index (χ1v) is 8.12. The van der Waals surface area contributed by atoms with E-state index in [1.165, 1.54) is 12.1 Å². The number of hydrogen-bond acceptors (Lipinski definition) is 1. The number of halogens is 1. The van der Waals surface area contributed by atoms with Gasteiger partial charge in [0.1, 0.15) is 5.82 Å². The summed E-state index contributed by atoms with van der Waals surface area (Å²) in [7, 11) is 1.89. The highest BCUT2D eigenvalue weighted by Gasteiger charge is 2.12. The first-order valence-electron chi connectivity index (χ1n) is 8.12. The minimum Gasteiger partial charge on any atom is -0.350 e. The van der Waals surface area contributed by atoms with Crippen LogP contribution in [0.25, 0.3) is 21.7 Å². The second kappa shape index (κ2) is 6.06. The number of aryl methyl sites for hydroxylation is 1. The SMILES string of the molecule is Cn1cc(CC(=O)Nc2ccc3ccccc3c2)c2cc(F)ccc21. The first-order chi connectivity index (χ1) is 12.1.